The first-order valence-electron chi connectivity index (χ1n) is 7.26. The molecule has 0 spiro atoms. The van der Waals surface area contributed by atoms with Gasteiger partial charge in [-0.2, -0.15) is 0 Å². The van der Waals surface area contributed by atoms with E-state index in [4.69, 9.17) is 5.11 Å². The van der Waals surface area contributed by atoms with E-state index in [0.717, 1.165) is 36.2 Å². The van der Waals surface area contributed by atoms with Gasteiger partial charge in [0.2, 0.25) is 5.91 Å². The van der Waals surface area contributed by atoms with Gasteiger partial charge in [-0.25, -0.2) is 0 Å². The Labute approximate surface area is 120 Å². The summed E-state index contributed by atoms with van der Waals surface area (Å²) in [5.41, 5.74) is 4.34. The Hall–Kier alpha value is -1.39. The second kappa shape index (κ2) is 6.37. The SMILES string of the molecule is Cc1cc(C)c(NC(=O)[C@H]2CCCN2CCO)c(C)c1. The molecule has 0 aromatic heterocycles. The van der Waals surface area contributed by atoms with Gasteiger partial charge < -0.3 is 10.4 Å². The molecule has 0 radical (unpaired) electrons. The lowest BCUT2D eigenvalue weighted by atomic mass is 10.0. The molecule has 1 aliphatic rings. The van der Waals surface area contributed by atoms with E-state index in [0.29, 0.717) is 6.54 Å². The van der Waals surface area contributed by atoms with E-state index in [1.54, 1.807) is 0 Å². The number of likely N-dealkylation sites (tertiary alicyclic amines) is 1. The number of β-amino-alcohol motifs (C(OH)–C–C–N with tert-alkyl or cyclic N) is 1. The highest BCUT2D eigenvalue weighted by atomic mass is 16.3. The van der Waals surface area contributed by atoms with Crippen molar-refractivity contribution in [2.75, 3.05) is 25.0 Å². The normalized spacial score (nSPS) is 19.3. The number of hydrogen-bond acceptors (Lipinski definition) is 3. The molecule has 1 amide bonds. The van der Waals surface area contributed by atoms with Crippen LogP contribution in [-0.4, -0.2) is 41.7 Å². The van der Waals surface area contributed by atoms with E-state index in [-0.39, 0.29) is 18.6 Å². The number of aryl methyl sites for hydroxylation is 3. The molecular formula is C16H24N2O2. The molecule has 1 fully saturated rings. The average molecular weight is 276 g/mol. The number of carbonyl (C=O) groups excluding carboxylic acids is 1. The summed E-state index contributed by atoms with van der Waals surface area (Å²) >= 11 is 0. The molecular weight excluding hydrogens is 252 g/mol. The first-order valence-corrected chi connectivity index (χ1v) is 7.26. The van der Waals surface area contributed by atoms with Gasteiger partial charge in [-0.05, 0) is 51.3 Å². The fourth-order valence-electron chi connectivity index (χ4n) is 3.10. The van der Waals surface area contributed by atoms with Crippen LogP contribution >= 0.6 is 0 Å². The van der Waals surface area contributed by atoms with E-state index >= 15 is 0 Å². The smallest absolute Gasteiger partial charge is 0.241 e. The standard InChI is InChI=1S/C16H24N2O2/c1-11-9-12(2)15(13(3)10-11)17-16(20)14-5-4-6-18(14)7-8-19/h9-10,14,19H,4-8H2,1-3H3,(H,17,20)/t14-/m1/s1. The number of amides is 1. The fraction of sp³-hybridized carbons (Fsp3) is 0.562. The Kier molecular flexibility index (Phi) is 4.78. The van der Waals surface area contributed by atoms with E-state index < -0.39 is 0 Å². The lowest BCUT2D eigenvalue weighted by Gasteiger charge is -2.23. The summed E-state index contributed by atoms with van der Waals surface area (Å²) in [5, 5.41) is 12.1. The van der Waals surface area contributed by atoms with Gasteiger partial charge in [-0.3, -0.25) is 9.69 Å². The highest BCUT2D eigenvalue weighted by Crippen LogP contribution is 2.24. The van der Waals surface area contributed by atoms with Crippen molar-refractivity contribution >= 4 is 11.6 Å². The third kappa shape index (κ3) is 3.19. The van der Waals surface area contributed by atoms with Crippen molar-refractivity contribution in [1.82, 2.24) is 4.90 Å². The molecule has 0 unspecified atom stereocenters. The summed E-state index contributed by atoms with van der Waals surface area (Å²) in [5.74, 6) is 0.0472. The molecule has 1 aromatic rings. The summed E-state index contributed by atoms with van der Waals surface area (Å²) in [6.45, 7) is 7.68. The summed E-state index contributed by atoms with van der Waals surface area (Å²) in [7, 11) is 0. The number of benzene rings is 1. The van der Waals surface area contributed by atoms with Gasteiger partial charge in [0.05, 0.1) is 12.6 Å². The second-order valence-electron chi connectivity index (χ2n) is 5.68. The highest BCUT2D eigenvalue weighted by molar-refractivity contribution is 5.96. The van der Waals surface area contributed by atoms with Crippen molar-refractivity contribution in [1.29, 1.82) is 0 Å². The predicted molar refractivity (Wildman–Crippen MR) is 81.0 cm³/mol. The maximum atomic E-state index is 12.5. The van der Waals surface area contributed by atoms with E-state index in [1.807, 2.05) is 13.8 Å². The van der Waals surface area contributed by atoms with Crippen LogP contribution in [0.4, 0.5) is 5.69 Å². The number of aliphatic hydroxyl groups is 1. The number of nitrogens with one attached hydrogen (secondary N) is 1. The minimum absolute atomic E-state index is 0.0472. The average Bonchev–Trinajstić information content (AvgIpc) is 2.82. The molecule has 1 atom stereocenters. The van der Waals surface area contributed by atoms with Crippen LogP contribution in [0.5, 0.6) is 0 Å². The van der Waals surface area contributed by atoms with E-state index in [2.05, 4.69) is 29.3 Å². The van der Waals surface area contributed by atoms with Crippen LogP contribution in [0.15, 0.2) is 12.1 Å². The van der Waals surface area contributed by atoms with Gasteiger partial charge in [0, 0.05) is 12.2 Å². The number of aliphatic hydroxyl groups excluding tert-OH is 1. The van der Waals surface area contributed by atoms with Crippen molar-refractivity contribution in [3.63, 3.8) is 0 Å². The van der Waals surface area contributed by atoms with Crippen LogP contribution in [0.2, 0.25) is 0 Å². The molecule has 0 aliphatic carbocycles. The molecule has 2 rings (SSSR count). The van der Waals surface area contributed by atoms with Crippen LogP contribution in [0.3, 0.4) is 0 Å². The van der Waals surface area contributed by atoms with Crippen LogP contribution in [0.1, 0.15) is 29.5 Å². The molecule has 1 aliphatic heterocycles. The summed E-state index contributed by atoms with van der Waals surface area (Å²) in [4.78, 5) is 14.5. The van der Waals surface area contributed by atoms with Gasteiger partial charge in [0.1, 0.15) is 0 Å². The first kappa shape index (κ1) is 15.0. The molecule has 1 heterocycles. The number of carbonyl (C=O) groups is 1. The van der Waals surface area contributed by atoms with Gasteiger partial charge in [-0.1, -0.05) is 17.7 Å². The van der Waals surface area contributed by atoms with E-state index in [1.165, 1.54) is 5.56 Å². The summed E-state index contributed by atoms with van der Waals surface area (Å²) in [6, 6.07) is 4.06. The molecule has 1 saturated heterocycles. The lowest BCUT2D eigenvalue weighted by molar-refractivity contribution is -0.120. The molecule has 1 aromatic carbocycles. The number of nitrogens with zero attached hydrogens (tertiary/aromatic N) is 1. The molecule has 4 nitrogen and oxygen atoms in total. The Balaban J connectivity index is 2.12. The molecule has 110 valence electrons. The zero-order valence-electron chi connectivity index (χ0n) is 12.6. The number of hydrogen-bond donors (Lipinski definition) is 2. The van der Waals surface area contributed by atoms with Crippen LogP contribution in [0.25, 0.3) is 0 Å². The third-order valence-corrected chi connectivity index (χ3v) is 3.98. The Bertz CT molecular complexity index is 476. The molecule has 4 heteroatoms. The number of rotatable bonds is 4. The van der Waals surface area contributed by atoms with E-state index in [9.17, 15) is 4.79 Å². The zero-order valence-corrected chi connectivity index (χ0v) is 12.6. The second-order valence-corrected chi connectivity index (χ2v) is 5.68. The van der Waals surface area contributed by atoms with Crippen molar-refractivity contribution in [2.45, 2.75) is 39.7 Å². The summed E-state index contributed by atoms with van der Waals surface area (Å²) in [6.07, 6.45) is 1.89. The Morgan fingerprint density at radius 2 is 2.00 bits per heavy atom. The van der Waals surface area contributed by atoms with Gasteiger partial charge in [0.25, 0.3) is 0 Å². The van der Waals surface area contributed by atoms with Gasteiger partial charge >= 0.3 is 0 Å². The highest BCUT2D eigenvalue weighted by Gasteiger charge is 2.30. The molecule has 2 N–H and O–H groups in total. The Morgan fingerprint density at radius 1 is 1.35 bits per heavy atom. The van der Waals surface area contributed by atoms with Crippen LogP contribution in [-0.2, 0) is 4.79 Å². The minimum Gasteiger partial charge on any atom is -0.395 e. The van der Waals surface area contributed by atoms with Gasteiger partial charge in [-0.15, -0.1) is 0 Å². The minimum atomic E-state index is -0.109. The van der Waals surface area contributed by atoms with Crippen molar-refractivity contribution in [3.8, 4) is 0 Å². The predicted octanol–water partition coefficient (Wildman–Crippen LogP) is 2.01. The first-order chi connectivity index (χ1) is 9.52. The summed E-state index contributed by atoms with van der Waals surface area (Å²) < 4.78 is 0. The van der Waals surface area contributed by atoms with Crippen LogP contribution < -0.4 is 5.32 Å². The van der Waals surface area contributed by atoms with Crippen molar-refractivity contribution in [2.24, 2.45) is 0 Å². The molecule has 0 saturated carbocycles. The van der Waals surface area contributed by atoms with Gasteiger partial charge in [0.15, 0.2) is 0 Å². The Morgan fingerprint density at radius 3 is 2.60 bits per heavy atom. The fourth-order valence-corrected chi connectivity index (χ4v) is 3.10. The lowest BCUT2D eigenvalue weighted by Crippen LogP contribution is -2.41. The maximum Gasteiger partial charge on any atom is 0.241 e. The third-order valence-electron chi connectivity index (χ3n) is 3.98. The molecule has 0 bridgehead atoms. The monoisotopic (exact) mass is 276 g/mol. The topological polar surface area (TPSA) is 52.6 Å². The maximum absolute atomic E-state index is 12.5. The van der Waals surface area contributed by atoms with Crippen LogP contribution in [0, 0.1) is 20.8 Å². The van der Waals surface area contributed by atoms with Crippen molar-refractivity contribution < 1.29 is 9.90 Å². The largest absolute Gasteiger partial charge is 0.395 e. The number of anilines is 1. The zero-order chi connectivity index (χ0) is 14.7. The van der Waals surface area contributed by atoms with Crippen molar-refractivity contribution in [3.05, 3.63) is 28.8 Å². The quantitative estimate of drug-likeness (QED) is 0.884. The molecule has 20 heavy (non-hydrogen) atoms.